The molecule has 0 N–H and O–H groups in total. The normalized spacial score (nSPS) is 11.9. The van der Waals surface area contributed by atoms with E-state index in [0.717, 1.165) is 4.53 Å². The molecule has 0 aliphatic carbocycles. The minimum Gasteiger partial charge on any atom is -0.144 e. The lowest BCUT2D eigenvalue weighted by molar-refractivity contribution is 1.44. The molecule has 70 valence electrons. The summed E-state index contributed by atoms with van der Waals surface area (Å²) in [6, 6.07) is 10.5. The fourth-order valence-corrected chi connectivity index (χ4v) is 2.04. The summed E-state index contributed by atoms with van der Waals surface area (Å²) in [6.07, 6.45) is 2.19. The van der Waals surface area contributed by atoms with Gasteiger partial charge in [-0.2, -0.15) is 0 Å². The van der Waals surface area contributed by atoms with Crippen LogP contribution in [0.3, 0.4) is 0 Å². The molecule has 2 rings (SSSR count). The summed E-state index contributed by atoms with van der Waals surface area (Å²) in [5.74, 6) is 0. The molecule has 0 saturated carbocycles. The van der Waals surface area contributed by atoms with Crippen LogP contribution in [0.5, 0.6) is 0 Å². The predicted octanol–water partition coefficient (Wildman–Crippen LogP) is 2.30. The Morgan fingerprint density at radius 3 is 2.64 bits per heavy atom. The van der Waals surface area contributed by atoms with Crippen molar-refractivity contribution in [2.75, 3.05) is 0 Å². The second-order valence-corrected chi connectivity index (χ2v) is 4.30. The standard InChI is InChI=1S/C13H12S/c1-10-5-3-4-6-12(10)9-13-7-8-14-11(13)2/h3-9H,2H2,1H3/b13-9-. The van der Waals surface area contributed by atoms with E-state index in [4.69, 9.17) is 0 Å². The average Bonchev–Trinajstić information content (AvgIpc) is 2.56. The van der Waals surface area contributed by atoms with Gasteiger partial charge in [0.1, 0.15) is 0 Å². The fraction of sp³-hybridized carbons (Fsp3) is 0.0769. The van der Waals surface area contributed by atoms with Gasteiger partial charge in [-0.1, -0.05) is 30.8 Å². The van der Waals surface area contributed by atoms with Crippen LogP contribution in [0, 0.1) is 6.92 Å². The molecule has 0 nitrogen and oxygen atoms in total. The Balaban J connectivity index is 2.60. The number of thiophene rings is 1. The lowest BCUT2D eigenvalue weighted by atomic mass is 10.1. The van der Waals surface area contributed by atoms with Crippen molar-refractivity contribution in [1.82, 2.24) is 0 Å². The molecule has 0 spiro atoms. The summed E-state index contributed by atoms with van der Waals surface area (Å²) in [5, 5.41) is 3.30. The summed E-state index contributed by atoms with van der Waals surface area (Å²) >= 11 is 1.69. The van der Waals surface area contributed by atoms with Crippen LogP contribution >= 0.6 is 11.3 Å². The van der Waals surface area contributed by atoms with Gasteiger partial charge in [0, 0.05) is 4.53 Å². The van der Waals surface area contributed by atoms with Gasteiger partial charge in [0.25, 0.3) is 0 Å². The molecule has 0 aliphatic rings. The van der Waals surface area contributed by atoms with Crippen LogP contribution in [-0.4, -0.2) is 0 Å². The van der Waals surface area contributed by atoms with E-state index < -0.39 is 0 Å². The van der Waals surface area contributed by atoms with E-state index in [1.165, 1.54) is 16.3 Å². The van der Waals surface area contributed by atoms with Crippen LogP contribution in [0.4, 0.5) is 0 Å². The smallest absolute Gasteiger partial charge is 0.0271 e. The fourth-order valence-electron chi connectivity index (χ4n) is 1.40. The van der Waals surface area contributed by atoms with Crippen LogP contribution in [-0.2, 0) is 0 Å². The largest absolute Gasteiger partial charge is 0.144 e. The highest BCUT2D eigenvalue weighted by atomic mass is 32.1. The van der Waals surface area contributed by atoms with E-state index in [0.29, 0.717) is 0 Å². The quantitative estimate of drug-likeness (QED) is 0.662. The maximum absolute atomic E-state index is 3.99. The number of hydrogen-bond donors (Lipinski definition) is 0. The molecule has 0 aliphatic heterocycles. The second kappa shape index (κ2) is 3.81. The summed E-state index contributed by atoms with van der Waals surface area (Å²) in [4.78, 5) is 0. The van der Waals surface area contributed by atoms with Gasteiger partial charge in [-0.15, -0.1) is 11.3 Å². The summed E-state index contributed by atoms with van der Waals surface area (Å²) in [7, 11) is 0. The molecular weight excluding hydrogens is 188 g/mol. The molecule has 0 bridgehead atoms. The summed E-state index contributed by atoms with van der Waals surface area (Å²) in [5.41, 5.74) is 2.58. The molecule has 0 unspecified atom stereocenters. The molecule has 1 aromatic heterocycles. The number of benzene rings is 1. The Bertz CT molecular complexity index is 534. The first-order valence-electron chi connectivity index (χ1n) is 4.57. The summed E-state index contributed by atoms with van der Waals surface area (Å²) < 4.78 is 1.13. The van der Waals surface area contributed by atoms with Gasteiger partial charge in [0.15, 0.2) is 0 Å². The lowest BCUT2D eigenvalue weighted by Gasteiger charge is -1.96. The van der Waals surface area contributed by atoms with Crippen molar-refractivity contribution < 1.29 is 0 Å². The minimum absolute atomic E-state index is 1.13. The summed E-state index contributed by atoms with van der Waals surface area (Å²) in [6.45, 7) is 6.12. The SMILES string of the molecule is C=c1scc/c1=C/c1ccccc1C. The van der Waals surface area contributed by atoms with Crippen molar-refractivity contribution in [1.29, 1.82) is 0 Å². The van der Waals surface area contributed by atoms with Crippen LogP contribution in [0.2, 0.25) is 0 Å². The maximum atomic E-state index is 3.99. The van der Waals surface area contributed by atoms with Gasteiger partial charge in [0.2, 0.25) is 0 Å². The first-order chi connectivity index (χ1) is 6.77. The second-order valence-electron chi connectivity index (χ2n) is 3.30. The van der Waals surface area contributed by atoms with Gasteiger partial charge in [-0.25, -0.2) is 0 Å². The predicted molar refractivity (Wildman–Crippen MR) is 63.8 cm³/mol. The Kier molecular flexibility index (Phi) is 2.51. The molecule has 2 aromatic rings. The Morgan fingerprint density at radius 2 is 2.00 bits per heavy atom. The third-order valence-electron chi connectivity index (χ3n) is 2.28. The number of hydrogen-bond acceptors (Lipinski definition) is 1. The molecular formula is C13H12S. The third kappa shape index (κ3) is 1.78. The molecule has 1 heterocycles. The topological polar surface area (TPSA) is 0 Å². The zero-order chi connectivity index (χ0) is 9.97. The molecule has 0 saturated heterocycles. The first kappa shape index (κ1) is 9.22. The van der Waals surface area contributed by atoms with Crippen molar-refractivity contribution in [3.63, 3.8) is 0 Å². The van der Waals surface area contributed by atoms with Gasteiger partial charge in [0.05, 0.1) is 0 Å². The third-order valence-corrected chi connectivity index (χ3v) is 3.07. The van der Waals surface area contributed by atoms with Crippen molar-refractivity contribution in [3.8, 4) is 0 Å². The van der Waals surface area contributed by atoms with Crippen molar-refractivity contribution in [2.24, 2.45) is 0 Å². The maximum Gasteiger partial charge on any atom is 0.0271 e. The molecule has 0 fully saturated rings. The van der Waals surface area contributed by atoms with Gasteiger partial charge in [-0.3, -0.25) is 0 Å². The van der Waals surface area contributed by atoms with Crippen LogP contribution < -0.4 is 9.75 Å². The number of rotatable bonds is 1. The van der Waals surface area contributed by atoms with E-state index in [9.17, 15) is 0 Å². The van der Waals surface area contributed by atoms with Crippen LogP contribution in [0.25, 0.3) is 12.7 Å². The Morgan fingerprint density at radius 1 is 1.21 bits per heavy atom. The van der Waals surface area contributed by atoms with Gasteiger partial charge in [-0.05, 0) is 40.8 Å². The van der Waals surface area contributed by atoms with Gasteiger partial charge < -0.3 is 0 Å². The van der Waals surface area contributed by atoms with E-state index in [1.54, 1.807) is 11.3 Å². The van der Waals surface area contributed by atoms with Crippen molar-refractivity contribution in [3.05, 3.63) is 56.6 Å². The zero-order valence-corrected chi connectivity index (χ0v) is 8.97. The van der Waals surface area contributed by atoms with Crippen LogP contribution in [0.1, 0.15) is 11.1 Å². The Hall–Kier alpha value is -1.34. The molecule has 0 atom stereocenters. The molecule has 0 amide bonds. The van der Waals surface area contributed by atoms with Gasteiger partial charge >= 0.3 is 0 Å². The Labute approximate surface area is 87.8 Å². The molecule has 14 heavy (non-hydrogen) atoms. The highest BCUT2D eigenvalue weighted by Gasteiger charge is 1.92. The first-order valence-corrected chi connectivity index (χ1v) is 5.45. The van der Waals surface area contributed by atoms with E-state index in [2.05, 4.69) is 55.3 Å². The number of aryl methyl sites for hydroxylation is 1. The minimum atomic E-state index is 1.13. The average molecular weight is 200 g/mol. The van der Waals surface area contributed by atoms with Crippen molar-refractivity contribution in [2.45, 2.75) is 6.92 Å². The van der Waals surface area contributed by atoms with Crippen molar-refractivity contribution >= 4 is 24.0 Å². The monoisotopic (exact) mass is 200 g/mol. The molecule has 1 aromatic carbocycles. The van der Waals surface area contributed by atoms with E-state index in [-0.39, 0.29) is 0 Å². The van der Waals surface area contributed by atoms with E-state index in [1.807, 2.05) is 0 Å². The highest BCUT2D eigenvalue weighted by Crippen LogP contribution is 2.06. The zero-order valence-electron chi connectivity index (χ0n) is 8.16. The molecule has 1 heteroatoms. The van der Waals surface area contributed by atoms with Crippen LogP contribution in [0.15, 0.2) is 35.7 Å². The lowest BCUT2D eigenvalue weighted by Crippen LogP contribution is -2.15. The highest BCUT2D eigenvalue weighted by molar-refractivity contribution is 7.07. The molecule has 0 radical (unpaired) electrons. The van der Waals surface area contributed by atoms with E-state index >= 15 is 0 Å².